The van der Waals surface area contributed by atoms with E-state index >= 15 is 0 Å². The normalized spacial score (nSPS) is 11.7. The molecule has 0 amide bonds. The van der Waals surface area contributed by atoms with Crippen molar-refractivity contribution in [2.75, 3.05) is 0 Å². The van der Waals surface area contributed by atoms with Gasteiger partial charge in [-0.25, -0.2) is 13.2 Å². The zero-order chi connectivity index (χ0) is 14.2. The van der Waals surface area contributed by atoms with Crippen LogP contribution in [0.1, 0.15) is 0 Å². The van der Waals surface area contributed by atoms with Crippen molar-refractivity contribution in [1.82, 2.24) is 0 Å². The van der Waals surface area contributed by atoms with E-state index in [9.17, 15) is 13.2 Å². The summed E-state index contributed by atoms with van der Waals surface area (Å²) in [6.45, 7) is 0. The molecule has 7 heteroatoms. The van der Waals surface area contributed by atoms with Crippen molar-refractivity contribution in [1.29, 1.82) is 0 Å². The highest BCUT2D eigenvalue weighted by Crippen LogP contribution is 2.24. The van der Waals surface area contributed by atoms with Crippen molar-refractivity contribution < 1.29 is 27.6 Å². The Morgan fingerprint density at radius 3 is 1.79 bits per heavy atom. The van der Waals surface area contributed by atoms with Crippen LogP contribution in [-0.4, -0.2) is 23.2 Å². The molecule has 0 fully saturated rings. The summed E-state index contributed by atoms with van der Waals surface area (Å²) in [5.74, 6) is -3.41. The molecule has 3 N–H and O–H groups in total. The Bertz CT molecular complexity index is 609. The molecule has 0 atom stereocenters. The Morgan fingerprint density at radius 1 is 0.737 bits per heavy atom. The van der Waals surface area contributed by atoms with Crippen molar-refractivity contribution in [2.24, 2.45) is 0 Å². The number of benzene rings is 2. The van der Waals surface area contributed by atoms with Crippen molar-refractivity contribution in [3.8, 4) is 11.1 Å². The van der Waals surface area contributed by atoms with Gasteiger partial charge in [0.15, 0.2) is 11.6 Å². The monoisotopic (exact) mass is 286 g/mol. The SMILES string of the molecule is O[Si](O)(O)c1ccc(-c2cc(F)c(F)cc2F)cc1. The van der Waals surface area contributed by atoms with Crippen LogP contribution in [0.15, 0.2) is 36.4 Å². The summed E-state index contributed by atoms with van der Waals surface area (Å²) in [6, 6.07) is 6.05. The van der Waals surface area contributed by atoms with Crippen molar-refractivity contribution in [3.63, 3.8) is 0 Å². The van der Waals surface area contributed by atoms with Crippen LogP contribution in [0.25, 0.3) is 11.1 Å². The molecule has 0 saturated carbocycles. The van der Waals surface area contributed by atoms with E-state index in [0.29, 0.717) is 12.1 Å². The average molecular weight is 286 g/mol. The average Bonchev–Trinajstić information content (AvgIpc) is 2.33. The minimum absolute atomic E-state index is 0.0979. The van der Waals surface area contributed by atoms with Crippen LogP contribution < -0.4 is 5.19 Å². The van der Waals surface area contributed by atoms with Crippen LogP contribution >= 0.6 is 0 Å². The van der Waals surface area contributed by atoms with Gasteiger partial charge < -0.3 is 14.4 Å². The highest BCUT2D eigenvalue weighted by atomic mass is 28.4. The first kappa shape index (κ1) is 13.8. The highest BCUT2D eigenvalue weighted by Gasteiger charge is 2.29. The molecule has 2 rings (SSSR count). The van der Waals surface area contributed by atoms with Crippen molar-refractivity contribution in [3.05, 3.63) is 53.8 Å². The lowest BCUT2D eigenvalue weighted by Gasteiger charge is -2.10. The molecular formula is C12H9F3O3Si. The summed E-state index contributed by atoms with van der Waals surface area (Å²) in [5.41, 5.74) is 0.0601. The van der Waals surface area contributed by atoms with E-state index in [4.69, 9.17) is 14.4 Å². The van der Waals surface area contributed by atoms with E-state index in [1.54, 1.807) is 0 Å². The van der Waals surface area contributed by atoms with E-state index in [1.807, 2.05) is 0 Å². The maximum absolute atomic E-state index is 13.5. The zero-order valence-corrected chi connectivity index (χ0v) is 10.4. The van der Waals surface area contributed by atoms with Gasteiger partial charge in [-0.2, -0.15) is 0 Å². The number of halogens is 3. The summed E-state index contributed by atoms with van der Waals surface area (Å²) in [5, 5.41) is -0.0979. The van der Waals surface area contributed by atoms with Gasteiger partial charge in [-0.05, 0) is 11.6 Å². The summed E-state index contributed by atoms with van der Waals surface area (Å²) in [4.78, 5) is 27.2. The lowest BCUT2D eigenvalue weighted by atomic mass is 10.1. The quantitative estimate of drug-likeness (QED) is 0.568. The third-order valence-electron chi connectivity index (χ3n) is 2.59. The van der Waals surface area contributed by atoms with E-state index in [0.717, 1.165) is 0 Å². The van der Waals surface area contributed by atoms with E-state index in [2.05, 4.69) is 0 Å². The third kappa shape index (κ3) is 2.84. The Morgan fingerprint density at radius 2 is 1.26 bits per heavy atom. The van der Waals surface area contributed by atoms with Gasteiger partial charge in [-0.15, -0.1) is 0 Å². The molecule has 0 aliphatic carbocycles. The van der Waals surface area contributed by atoms with Gasteiger partial charge in [0.05, 0.1) is 0 Å². The molecule has 0 aliphatic rings. The highest BCUT2D eigenvalue weighted by molar-refractivity contribution is 6.71. The Labute approximate surface area is 107 Å². The topological polar surface area (TPSA) is 60.7 Å². The fourth-order valence-electron chi connectivity index (χ4n) is 1.62. The molecule has 3 nitrogen and oxygen atoms in total. The van der Waals surface area contributed by atoms with Crippen LogP contribution in [0.4, 0.5) is 13.2 Å². The first-order chi connectivity index (χ1) is 8.79. The van der Waals surface area contributed by atoms with Crippen LogP contribution in [0.5, 0.6) is 0 Å². The van der Waals surface area contributed by atoms with Gasteiger partial charge in [-0.1, -0.05) is 24.3 Å². The van der Waals surface area contributed by atoms with Gasteiger partial charge in [0, 0.05) is 16.8 Å². The summed E-state index contributed by atoms with van der Waals surface area (Å²) in [7, 11) is -4.42. The summed E-state index contributed by atoms with van der Waals surface area (Å²) in [6.07, 6.45) is 0. The van der Waals surface area contributed by atoms with Crippen LogP contribution in [0.2, 0.25) is 0 Å². The molecule has 0 unspecified atom stereocenters. The number of hydrogen-bond donors (Lipinski definition) is 3. The molecule has 2 aromatic carbocycles. The second kappa shape index (κ2) is 4.78. The minimum atomic E-state index is -4.42. The molecule has 100 valence electrons. The van der Waals surface area contributed by atoms with Crippen LogP contribution in [-0.2, 0) is 0 Å². The molecule has 0 spiro atoms. The molecule has 2 aromatic rings. The van der Waals surface area contributed by atoms with Gasteiger partial charge in [0.25, 0.3) is 0 Å². The standard InChI is InChI=1S/C12H9F3O3Si/c13-10-6-12(15)11(14)5-9(10)7-1-3-8(4-2-7)19(16,17)18/h1-6,16-18H. The Hall–Kier alpha value is -1.67. The number of hydrogen-bond acceptors (Lipinski definition) is 3. The summed E-state index contributed by atoms with van der Waals surface area (Å²) >= 11 is 0. The Balaban J connectivity index is 2.46. The first-order valence-corrected chi connectivity index (χ1v) is 7.06. The van der Waals surface area contributed by atoms with Gasteiger partial charge >= 0.3 is 8.80 Å². The largest absolute Gasteiger partial charge is 0.528 e. The molecule has 0 bridgehead atoms. The van der Waals surface area contributed by atoms with E-state index < -0.39 is 26.3 Å². The number of rotatable bonds is 2. The predicted molar refractivity (Wildman–Crippen MR) is 63.8 cm³/mol. The molecule has 0 aliphatic heterocycles. The lowest BCUT2D eigenvalue weighted by molar-refractivity contribution is 0.250. The fraction of sp³-hybridized carbons (Fsp3) is 0. The zero-order valence-electron chi connectivity index (χ0n) is 9.44. The minimum Gasteiger partial charge on any atom is -0.386 e. The molecule has 0 radical (unpaired) electrons. The fourth-order valence-corrected chi connectivity index (χ4v) is 2.23. The molecule has 0 aromatic heterocycles. The van der Waals surface area contributed by atoms with E-state index in [1.165, 1.54) is 24.3 Å². The maximum atomic E-state index is 13.5. The molecule has 0 heterocycles. The van der Waals surface area contributed by atoms with Crippen LogP contribution in [0.3, 0.4) is 0 Å². The van der Waals surface area contributed by atoms with Gasteiger partial charge in [0.2, 0.25) is 0 Å². The van der Waals surface area contributed by atoms with Gasteiger partial charge in [0.1, 0.15) is 5.82 Å². The van der Waals surface area contributed by atoms with Crippen molar-refractivity contribution in [2.45, 2.75) is 0 Å². The lowest BCUT2D eigenvalue weighted by Crippen LogP contribution is -2.48. The van der Waals surface area contributed by atoms with Crippen LogP contribution in [0, 0.1) is 17.5 Å². The Kier molecular flexibility index (Phi) is 3.46. The second-order valence-electron chi connectivity index (χ2n) is 3.96. The molecule has 0 saturated heterocycles. The second-order valence-corrected chi connectivity index (χ2v) is 5.81. The third-order valence-corrected chi connectivity index (χ3v) is 3.70. The summed E-state index contributed by atoms with van der Waals surface area (Å²) < 4.78 is 39.4. The van der Waals surface area contributed by atoms with E-state index in [-0.39, 0.29) is 16.3 Å². The van der Waals surface area contributed by atoms with Gasteiger partial charge in [-0.3, -0.25) is 0 Å². The molecular weight excluding hydrogens is 277 g/mol. The first-order valence-electron chi connectivity index (χ1n) is 5.21. The smallest absolute Gasteiger partial charge is 0.386 e. The molecule has 19 heavy (non-hydrogen) atoms. The predicted octanol–water partition coefficient (Wildman–Crippen LogP) is 0.894. The van der Waals surface area contributed by atoms with Crippen molar-refractivity contribution >= 4 is 14.0 Å². The maximum Gasteiger partial charge on any atom is 0.528 e.